The van der Waals surface area contributed by atoms with Gasteiger partial charge in [-0.2, -0.15) is 15.1 Å². The average Bonchev–Trinajstić information content (AvgIpc) is 3.67. The van der Waals surface area contributed by atoms with Gasteiger partial charge < -0.3 is 29.0 Å². The number of rotatable bonds is 20. The predicted molar refractivity (Wildman–Crippen MR) is 167 cm³/mol. The Morgan fingerprint density at radius 2 is 1.77 bits per heavy atom. The van der Waals surface area contributed by atoms with Gasteiger partial charge in [0.05, 0.1) is 70.0 Å². The maximum absolute atomic E-state index is 13.1. The lowest BCUT2D eigenvalue weighted by atomic mass is 10.1. The van der Waals surface area contributed by atoms with E-state index < -0.39 is 10.8 Å². The van der Waals surface area contributed by atoms with E-state index in [1.165, 1.54) is 0 Å². The first-order valence-electron chi connectivity index (χ1n) is 14.6. The number of fused-ring (bicyclic) bond motifs is 1. The molecule has 4 rings (SSSR count). The van der Waals surface area contributed by atoms with Gasteiger partial charge in [0.2, 0.25) is 5.28 Å². The Balaban J connectivity index is 1.27. The summed E-state index contributed by atoms with van der Waals surface area (Å²) in [5.41, 5.74) is 1.59. The summed E-state index contributed by atoms with van der Waals surface area (Å²) in [7, 11) is -1.17. The second kappa shape index (κ2) is 18.2. The number of terminal acetylenes is 1. The first-order valence-corrected chi connectivity index (χ1v) is 16.4. The van der Waals surface area contributed by atoms with E-state index >= 15 is 0 Å². The van der Waals surface area contributed by atoms with Crippen LogP contribution in [0.5, 0.6) is 0 Å². The standard InChI is InChI=1S/C30H40ClN5O6S/c1-3-12-38-13-14-39-15-16-40-17-18-41-19-20-43(37)22-26(23-8-6-5-7-9-23)33-28-25-21-32-36(29(25)35-30(31)34-28)27-11-10-24(4-2)42-27/h1,5-9,21,24,26-27H,4,10-20,22H2,2H3,(H,33,34,35). The first kappa shape index (κ1) is 33.3. The summed E-state index contributed by atoms with van der Waals surface area (Å²) in [6.07, 6.45) is 9.65. The lowest BCUT2D eigenvalue weighted by molar-refractivity contribution is -0.00403. The van der Waals surface area contributed by atoms with Crippen molar-refractivity contribution >= 4 is 39.3 Å². The Morgan fingerprint density at radius 3 is 2.44 bits per heavy atom. The monoisotopic (exact) mass is 633 g/mol. The van der Waals surface area contributed by atoms with Crippen LogP contribution in [0.15, 0.2) is 36.5 Å². The van der Waals surface area contributed by atoms with E-state index in [0.29, 0.717) is 69.2 Å². The minimum atomic E-state index is -1.17. The number of hydrogen-bond donors (Lipinski definition) is 1. The third kappa shape index (κ3) is 10.5. The van der Waals surface area contributed by atoms with Crippen molar-refractivity contribution < 1.29 is 27.9 Å². The molecule has 0 saturated carbocycles. The van der Waals surface area contributed by atoms with Gasteiger partial charge in [0.15, 0.2) is 11.9 Å². The molecule has 0 bridgehead atoms. The van der Waals surface area contributed by atoms with Crippen molar-refractivity contribution in [1.29, 1.82) is 0 Å². The van der Waals surface area contributed by atoms with Crippen LogP contribution in [0.3, 0.4) is 0 Å². The van der Waals surface area contributed by atoms with E-state index in [0.717, 1.165) is 30.2 Å². The van der Waals surface area contributed by atoms with E-state index in [2.05, 4.69) is 33.2 Å². The molecule has 1 N–H and O–H groups in total. The van der Waals surface area contributed by atoms with E-state index in [1.54, 1.807) is 10.9 Å². The molecule has 13 heteroatoms. The van der Waals surface area contributed by atoms with Crippen LogP contribution < -0.4 is 5.32 Å². The number of benzene rings is 1. The van der Waals surface area contributed by atoms with Crippen LogP contribution in [-0.2, 0) is 34.5 Å². The van der Waals surface area contributed by atoms with Crippen LogP contribution in [-0.4, -0.2) is 94.4 Å². The Morgan fingerprint density at radius 1 is 1.07 bits per heavy atom. The molecule has 0 radical (unpaired) electrons. The van der Waals surface area contributed by atoms with E-state index in [-0.39, 0.29) is 30.3 Å². The van der Waals surface area contributed by atoms with Crippen molar-refractivity contribution in [3.8, 4) is 12.3 Å². The van der Waals surface area contributed by atoms with Gasteiger partial charge in [-0.05, 0) is 36.4 Å². The largest absolute Gasteiger partial charge is 0.378 e. The van der Waals surface area contributed by atoms with Gasteiger partial charge >= 0.3 is 0 Å². The Kier molecular flexibility index (Phi) is 14.1. The molecule has 1 aliphatic rings. The van der Waals surface area contributed by atoms with Crippen LogP contribution >= 0.6 is 11.6 Å². The van der Waals surface area contributed by atoms with Crippen LogP contribution in [0.4, 0.5) is 5.82 Å². The highest BCUT2D eigenvalue weighted by Gasteiger charge is 2.28. The van der Waals surface area contributed by atoms with Crippen molar-refractivity contribution in [2.45, 2.75) is 44.6 Å². The zero-order valence-corrected chi connectivity index (χ0v) is 26.1. The van der Waals surface area contributed by atoms with Gasteiger partial charge in [0, 0.05) is 22.3 Å². The fourth-order valence-electron chi connectivity index (χ4n) is 4.67. The van der Waals surface area contributed by atoms with Gasteiger partial charge in [-0.1, -0.05) is 43.2 Å². The van der Waals surface area contributed by atoms with Crippen LogP contribution in [0, 0.1) is 12.3 Å². The van der Waals surface area contributed by atoms with Gasteiger partial charge in [-0.25, -0.2) is 4.68 Å². The summed E-state index contributed by atoms with van der Waals surface area (Å²) in [6, 6.07) is 9.57. The molecule has 4 atom stereocenters. The maximum Gasteiger partial charge on any atom is 0.226 e. The molecule has 1 aromatic carbocycles. The van der Waals surface area contributed by atoms with Crippen molar-refractivity contribution in [1.82, 2.24) is 19.7 Å². The van der Waals surface area contributed by atoms with Gasteiger partial charge in [-0.15, -0.1) is 6.42 Å². The number of halogens is 1. The molecule has 1 saturated heterocycles. The number of ether oxygens (including phenoxy) is 5. The normalized spacial score (nSPS) is 18.1. The number of anilines is 1. The summed E-state index contributed by atoms with van der Waals surface area (Å²) < 4.78 is 42.7. The zero-order chi connectivity index (χ0) is 30.3. The molecule has 4 unspecified atom stereocenters. The zero-order valence-electron chi connectivity index (χ0n) is 24.5. The fourth-order valence-corrected chi connectivity index (χ4v) is 5.95. The summed E-state index contributed by atoms with van der Waals surface area (Å²) >= 11 is 6.37. The summed E-state index contributed by atoms with van der Waals surface area (Å²) in [5.74, 6) is 3.68. The molecule has 43 heavy (non-hydrogen) atoms. The van der Waals surface area contributed by atoms with Crippen molar-refractivity contribution in [2.75, 3.05) is 69.7 Å². The third-order valence-corrected chi connectivity index (χ3v) is 8.36. The van der Waals surface area contributed by atoms with Gasteiger partial charge in [0.1, 0.15) is 12.4 Å². The first-order chi connectivity index (χ1) is 21.1. The Bertz CT molecular complexity index is 1320. The molecule has 234 valence electrons. The minimum Gasteiger partial charge on any atom is -0.378 e. The third-order valence-electron chi connectivity index (χ3n) is 6.86. The molecule has 1 aliphatic heterocycles. The lowest BCUT2D eigenvalue weighted by Crippen LogP contribution is -2.22. The number of nitrogens with one attached hydrogen (secondary N) is 1. The topological polar surface area (TPSA) is 119 Å². The highest BCUT2D eigenvalue weighted by molar-refractivity contribution is 7.85. The molecular weight excluding hydrogens is 594 g/mol. The quantitative estimate of drug-likeness (QED) is 0.110. The van der Waals surface area contributed by atoms with Gasteiger partial charge in [0.25, 0.3) is 0 Å². The van der Waals surface area contributed by atoms with E-state index in [1.807, 2.05) is 30.3 Å². The second-order valence-corrected chi connectivity index (χ2v) is 11.8. The fraction of sp³-hybridized carbons (Fsp3) is 0.567. The summed E-state index contributed by atoms with van der Waals surface area (Å²) in [4.78, 5) is 8.94. The number of nitrogens with zero attached hydrogens (tertiary/aromatic N) is 4. The highest BCUT2D eigenvalue weighted by Crippen LogP contribution is 2.33. The van der Waals surface area contributed by atoms with E-state index in [4.69, 9.17) is 41.7 Å². The van der Waals surface area contributed by atoms with Crippen molar-refractivity contribution in [3.63, 3.8) is 0 Å². The van der Waals surface area contributed by atoms with E-state index in [9.17, 15) is 4.21 Å². The second-order valence-electron chi connectivity index (χ2n) is 9.88. The molecule has 0 amide bonds. The Hall–Kier alpha value is -2.63. The molecule has 0 spiro atoms. The molecule has 2 aromatic heterocycles. The minimum absolute atomic E-state index is 0.103. The van der Waals surface area contributed by atoms with Crippen molar-refractivity contribution in [3.05, 3.63) is 47.4 Å². The van der Waals surface area contributed by atoms with Crippen molar-refractivity contribution in [2.24, 2.45) is 0 Å². The van der Waals surface area contributed by atoms with Crippen LogP contribution in [0.25, 0.3) is 11.0 Å². The van der Waals surface area contributed by atoms with Crippen LogP contribution in [0.1, 0.15) is 44.0 Å². The lowest BCUT2D eigenvalue weighted by Gasteiger charge is -2.20. The SMILES string of the molecule is C#CCOCCOCCOCCOCCS(=O)CC(Nc1nc(Cl)nc2c1cnn2C1CCC(CC)O1)c1ccccc1. The number of aromatic nitrogens is 4. The summed E-state index contributed by atoms with van der Waals surface area (Å²) in [6.45, 7) is 5.46. The molecule has 3 heterocycles. The molecule has 11 nitrogen and oxygen atoms in total. The molecule has 0 aliphatic carbocycles. The number of hydrogen-bond acceptors (Lipinski definition) is 10. The summed E-state index contributed by atoms with van der Waals surface area (Å²) in [5, 5.41) is 8.88. The highest BCUT2D eigenvalue weighted by atomic mass is 35.5. The predicted octanol–water partition coefficient (Wildman–Crippen LogP) is 4.17. The molecule has 3 aromatic rings. The maximum atomic E-state index is 13.1. The Labute approximate surface area is 260 Å². The van der Waals surface area contributed by atoms with Gasteiger partial charge in [-0.3, -0.25) is 4.21 Å². The smallest absolute Gasteiger partial charge is 0.226 e. The van der Waals surface area contributed by atoms with Crippen LogP contribution in [0.2, 0.25) is 5.28 Å². The molecule has 1 fully saturated rings. The molecular formula is C30H40ClN5O6S. The average molecular weight is 634 g/mol.